The van der Waals surface area contributed by atoms with Crippen molar-refractivity contribution < 1.29 is 5.11 Å². The number of aliphatic hydroxyl groups excluding tert-OH is 1. The van der Waals surface area contributed by atoms with E-state index in [1.165, 1.54) is 0 Å². The molecule has 0 aliphatic carbocycles. The first-order chi connectivity index (χ1) is 5.84. The van der Waals surface area contributed by atoms with Crippen LogP contribution in [0, 0.1) is 0 Å². The van der Waals surface area contributed by atoms with Crippen LogP contribution in [-0.2, 0) is 13.6 Å². The minimum Gasteiger partial charge on any atom is -0.396 e. The Hall–Kier alpha value is -0.870. The minimum absolute atomic E-state index is 0.248. The fraction of sp³-hybridized carbons (Fsp3) is 0.625. The van der Waals surface area contributed by atoms with Gasteiger partial charge in [0.25, 0.3) is 0 Å². The van der Waals surface area contributed by atoms with Crippen molar-refractivity contribution in [2.45, 2.75) is 13.0 Å². The predicted octanol–water partition coefficient (Wildman–Crippen LogP) is -0.108. The lowest BCUT2D eigenvalue weighted by Gasteiger charge is -2.03. The number of aryl methyl sites for hydroxylation is 1. The van der Waals surface area contributed by atoms with E-state index < -0.39 is 0 Å². The van der Waals surface area contributed by atoms with Crippen molar-refractivity contribution >= 4 is 0 Å². The summed E-state index contributed by atoms with van der Waals surface area (Å²) >= 11 is 0. The number of hydrogen-bond donors (Lipinski definition) is 2. The molecule has 12 heavy (non-hydrogen) atoms. The molecule has 2 N–H and O–H groups in total. The van der Waals surface area contributed by atoms with Crippen LogP contribution >= 0.6 is 0 Å². The van der Waals surface area contributed by atoms with Gasteiger partial charge in [-0.3, -0.25) is 4.68 Å². The zero-order chi connectivity index (χ0) is 8.81. The van der Waals surface area contributed by atoms with E-state index in [0.29, 0.717) is 0 Å². The molecule has 0 radical (unpaired) electrons. The van der Waals surface area contributed by atoms with Gasteiger partial charge in [-0.2, -0.15) is 5.10 Å². The van der Waals surface area contributed by atoms with Gasteiger partial charge in [-0.1, -0.05) is 0 Å². The molecule has 0 spiro atoms. The number of aliphatic hydroxyl groups is 1. The molecule has 0 aliphatic rings. The number of nitrogens with one attached hydrogen (secondary N) is 1. The quantitative estimate of drug-likeness (QED) is 0.605. The Kier molecular flexibility index (Phi) is 3.76. The van der Waals surface area contributed by atoms with E-state index in [-0.39, 0.29) is 6.61 Å². The average Bonchev–Trinajstić information content (AvgIpc) is 2.46. The van der Waals surface area contributed by atoms with Gasteiger partial charge >= 0.3 is 0 Å². The largest absolute Gasteiger partial charge is 0.396 e. The first-order valence-corrected chi connectivity index (χ1v) is 4.13. The Morgan fingerprint density at radius 1 is 1.67 bits per heavy atom. The number of hydrogen-bond acceptors (Lipinski definition) is 3. The second-order valence-electron chi connectivity index (χ2n) is 2.70. The smallest absolute Gasteiger partial charge is 0.0518 e. The van der Waals surface area contributed by atoms with Crippen LogP contribution in [0.4, 0.5) is 0 Å². The second-order valence-corrected chi connectivity index (χ2v) is 2.70. The zero-order valence-corrected chi connectivity index (χ0v) is 7.32. The van der Waals surface area contributed by atoms with Gasteiger partial charge in [0.1, 0.15) is 0 Å². The maximum Gasteiger partial charge on any atom is 0.0518 e. The van der Waals surface area contributed by atoms with Crippen LogP contribution in [0.25, 0.3) is 0 Å². The molecule has 1 aromatic rings. The summed E-state index contributed by atoms with van der Waals surface area (Å²) in [6.45, 7) is 1.91. The van der Waals surface area contributed by atoms with Crippen LogP contribution in [0.3, 0.4) is 0 Å². The number of aromatic nitrogens is 2. The molecule has 1 heterocycles. The molecular weight excluding hydrogens is 154 g/mol. The number of nitrogens with zero attached hydrogens (tertiary/aromatic N) is 2. The molecule has 0 bridgehead atoms. The molecule has 0 saturated heterocycles. The van der Waals surface area contributed by atoms with Crippen molar-refractivity contribution in [3.8, 4) is 0 Å². The Balaban J connectivity index is 2.20. The summed E-state index contributed by atoms with van der Waals surface area (Å²) in [5.41, 5.74) is 1.16. The summed E-state index contributed by atoms with van der Waals surface area (Å²) in [6, 6.07) is 1.98. The van der Waals surface area contributed by atoms with Gasteiger partial charge in [-0.05, 0) is 19.0 Å². The van der Waals surface area contributed by atoms with E-state index in [0.717, 1.165) is 25.2 Å². The van der Waals surface area contributed by atoms with Crippen LogP contribution in [0.1, 0.15) is 12.1 Å². The molecule has 0 aliphatic heterocycles. The maximum atomic E-state index is 8.52. The lowest BCUT2D eigenvalue weighted by molar-refractivity contribution is 0.286. The normalized spacial score (nSPS) is 10.5. The molecule has 1 rings (SSSR count). The highest BCUT2D eigenvalue weighted by Crippen LogP contribution is 1.94. The fourth-order valence-corrected chi connectivity index (χ4v) is 0.995. The molecule has 4 nitrogen and oxygen atoms in total. The van der Waals surface area contributed by atoms with Crippen LogP contribution in [0.5, 0.6) is 0 Å². The minimum atomic E-state index is 0.248. The fourth-order valence-electron chi connectivity index (χ4n) is 0.995. The van der Waals surface area contributed by atoms with Crippen molar-refractivity contribution in [2.75, 3.05) is 13.2 Å². The van der Waals surface area contributed by atoms with Gasteiger partial charge in [0, 0.05) is 26.4 Å². The summed E-state index contributed by atoms with van der Waals surface area (Å²) < 4.78 is 1.84. The van der Waals surface area contributed by atoms with Crippen molar-refractivity contribution in [3.05, 3.63) is 18.0 Å². The van der Waals surface area contributed by atoms with Crippen LogP contribution in [0.2, 0.25) is 0 Å². The van der Waals surface area contributed by atoms with Gasteiger partial charge in [-0.25, -0.2) is 0 Å². The lowest BCUT2D eigenvalue weighted by atomic mass is 10.4. The molecule has 0 unspecified atom stereocenters. The highest BCUT2D eigenvalue weighted by molar-refractivity contribution is 4.98. The highest BCUT2D eigenvalue weighted by Gasteiger charge is 1.95. The van der Waals surface area contributed by atoms with Crippen LogP contribution in [-0.4, -0.2) is 28.0 Å². The van der Waals surface area contributed by atoms with Crippen molar-refractivity contribution in [1.29, 1.82) is 0 Å². The Morgan fingerprint density at radius 3 is 3.08 bits per heavy atom. The molecule has 0 amide bonds. The van der Waals surface area contributed by atoms with Crippen molar-refractivity contribution in [3.63, 3.8) is 0 Å². The summed E-state index contributed by atoms with van der Waals surface area (Å²) in [7, 11) is 1.92. The van der Waals surface area contributed by atoms with Crippen molar-refractivity contribution in [1.82, 2.24) is 15.1 Å². The number of rotatable bonds is 5. The lowest BCUT2D eigenvalue weighted by Crippen LogP contribution is -2.17. The van der Waals surface area contributed by atoms with Gasteiger partial charge in [0.2, 0.25) is 0 Å². The molecule has 0 atom stereocenters. The third-order valence-electron chi connectivity index (χ3n) is 1.74. The molecule has 1 aromatic heterocycles. The maximum absolute atomic E-state index is 8.52. The standard InChI is InChI=1S/C8H15N3O/c1-11-8(3-5-10-11)7-9-4-2-6-12/h3,5,9,12H,2,4,6-7H2,1H3. The second kappa shape index (κ2) is 4.90. The molecule has 4 heteroatoms. The topological polar surface area (TPSA) is 50.1 Å². The van der Waals surface area contributed by atoms with Crippen LogP contribution in [0.15, 0.2) is 12.3 Å². The van der Waals surface area contributed by atoms with E-state index in [2.05, 4.69) is 10.4 Å². The summed E-state index contributed by atoms with van der Waals surface area (Å²) in [6.07, 6.45) is 2.58. The first-order valence-electron chi connectivity index (χ1n) is 4.13. The molecule has 0 saturated carbocycles. The van der Waals surface area contributed by atoms with Gasteiger partial charge in [-0.15, -0.1) is 0 Å². The van der Waals surface area contributed by atoms with Crippen LogP contribution < -0.4 is 5.32 Å². The molecule has 68 valence electrons. The molecule has 0 fully saturated rings. The van der Waals surface area contributed by atoms with E-state index in [1.54, 1.807) is 6.20 Å². The van der Waals surface area contributed by atoms with E-state index in [4.69, 9.17) is 5.11 Å². The predicted molar refractivity (Wildman–Crippen MR) is 46.6 cm³/mol. The van der Waals surface area contributed by atoms with Gasteiger partial charge in [0.05, 0.1) is 5.69 Å². The molecular formula is C8H15N3O. The van der Waals surface area contributed by atoms with Crippen molar-refractivity contribution in [2.24, 2.45) is 7.05 Å². The average molecular weight is 169 g/mol. The van der Waals surface area contributed by atoms with E-state index in [9.17, 15) is 0 Å². The monoisotopic (exact) mass is 169 g/mol. The summed E-state index contributed by atoms with van der Waals surface area (Å²) in [5.74, 6) is 0. The summed E-state index contributed by atoms with van der Waals surface area (Å²) in [4.78, 5) is 0. The SMILES string of the molecule is Cn1nccc1CNCCCO. The molecule has 0 aromatic carbocycles. The van der Waals surface area contributed by atoms with Gasteiger partial charge < -0.3 is 10.4 Å². The third-order valence-corrected chi connectivity index (χ3v) is 1.74. The Bertz CT molecular complexity index is 222. The van der Waals surface area contributed by atoms with E-state index in [1.807, 2.05) is 17.8 Å². The first kappa shape index (κ1) is 9.22. The Labute approximate surface area is 72.2 Å². The Morgan fingerprint density at radius 2 is 2.50 bits per heavy atom. The zero-order valence-electron chi connectivity index (χ0n) is 7.32. The van der Waals surface area contributed by atoms with Gasteiger partial charge in [0.15, 0.2) is 0 Å². The van der Waals surface area contributed by atoms with E-state index >= 15 is 0 Å². The third kappa shape index (κ3) is 2.64. The summed E-state index contributed by atoms with van der Waals surface area (Å²) in [5, 5.41) is 15.8. The highest BCUT2D eigenvalue weighted by atomic mass is 16.3.